The van der Waals surface area contributed by atoms with Gasteiger partial charge >= 0.3 is 5.97 Å². The number of aryl methyl sites for hydroxylation is 1. The van der Waals surface area contributed by atoms with Crippen molar-refractivity contribution in [2.45, 2.75) is 20.3 Å². The molecule has 1 aromatic carbocycles. The second-order valence-electron chi connectivity index (χ2n) is 3.67. The minimum Gasteiger partial charge on any atom is -0.508 e. The number of carboxylic acids is 1. The predicted molar refractivity (Wildman–Crippen MR) is 53.3 cm³/mol. The van der Waals surface area contributed by atoms with Crippen molar-refractivity contribution in [3.05, 3.63) is 29.1 Å². The molecule has 1 unspecified atom stereocenters. The first-order chi connectivity index (χ1) is 6.91. The van der Waals surface area contributed by atoms with Crippen LogP contribution in [-0.2, 0) is 11.2 Å². The number of rotatable bonds is 3. The van der Waals surface area contributed by atoms with Crippen molar-refractivity contribution in [2.75, 3.05) is 0 Å². The van der Waals surface area contributed by atoms with E-state index < -0.39 is 17.7 Å². The number of hydrogen-bond acceptors (Lipinski definition) is 2. The second kappa shape index (κ2) is 4.29. The lowest BCUT2D eigenvalue weighted by molar-refractivity contribution is -0.141. The number of aromatic hydroxyl groups is 1. The van der Waals surface area contributed by atoms with Crippen molar-refractivity contribution >= 4 is 5.97 Å². The molecule has 0 spiro atoms. The molecule has 0 radical (unpaired) electrons. The fourth-order valence-electron chi connectivity index (χ4n) is 1.28. The largest absolute Gasteiger partial charge is 0.508 e. The lowest BCUT2D eigenvalue weighted by atomic mass is 9.99. The van der Waals surface area contributed by atoms with Gasteiger partial charge in [0.05, 0.1) is 5.92 Å². The highest BCUT2D eigenvalue weighted by atomic mass is 19.1. The Kier molecular flexibility index (Phi) is 3.29. The van der Waals surface area contributed by atoms with Gasteiger partial charge in [0.1, 0.15) is 11.6 Å². The second-order valence-corrected chi connectivity index (χ2v) is 3.67. The maximum absolute atomic E-state index is 13.4. The Morgan fingerprint density at radius 2 is 2.13 bits per heavy atom. The molecular weight excluding hydrogens is 199 g/mol. The predicted octanol–water partition coefficient (Wildman–Crippen LogP) is 2.10. The summed E-state index contributed by atoms with van der Waals surface area (Å²) in [7, 11) is 0. The summed E-state index contributed by atoms with van der Waals surface area (Å²) in [6, 6.07) is 2.49. The van der Waals surface area contributed by atoms with E-state index >= 15 is 0 Å². The van der Waals surface area contributed by atoms with Gasteiger partial charge in [-0.15, -0.1) is 0 Å². The molecule has 2 N–H and O–H groups in total. The quantitative estimate of drug-likeness (QED) is 0.806. The topological polar surface area (TPSA) is 57.5 Å². The average Bonchev–Trinajstić information content (AvgIpc) is 2.13. The van der Waals surface area contributed by atoms with Crippen LogP contribution < -0.4 is 0 Å². The van der Waals surface area contributed by atoms with E-state index in [1.54, 1.807) is 6.92 Å². The number of phenols is 1. The standard InChI is InChI=1S/C11H13FO3/c1-6-4-9(12)8(5-10(6)13)3-7(2)11(14)15/h4-5,7,13H,3H2,1-2H3,(H,14,15). The van der Waals surface area contributed by atoms with E-state index in [1.807, 2.05) is 0 Å². The highest BCUT2D eigenvalue weighted by Crippen LogP contribution is 2.22. The van der Waals surface area contributed by atoms with Crippen molar-refractivity contribution < 1.29 is 19.4 Å². The molecule has 0 heterocycles. The Hall–Kier alpha value is -1.58. The number of carboxylic acid groups (broad SMARTS) is 1. The maximum Gasteiger partial charge on any atom is 0.306 e. The third-order valence-corrected chi connectivity index (χ3v) is 2.31. The Morgan fingerprint density at radius 1 is 1.53 bits per heavy atom. The van der Waals surface area contributed by atoms with Crippen LogP contribution in [0.15, 0.2) is 12.1 Å². The molecule has 1 atom stereocenters. The molecular formula is C11H13FO3. The molecule has 1 aromatic rings. The molecule has 1 rings (SSSR count). The minimum atomic E-state index is -0.977. The van der Waals surface area contributed by atoms with Gasteiger partial charge in [0, 0.05) is 0 Å². The van der Waals surface area contributed by atoms with E-state index in [0.717, 1.165) is 0 Å². The number of aliphatic carboxylic acids is 1. The van der Waals surface area contributed by atoms with Crippen LogP contribution in [0.5, 0.6) is 5.75 Å². The number of carbonyl (C=O) groups is 1. The first-order valence-corrected chi connectivity index (χ1v) is 4.62. The van der Waals surface area contributed by atoms with Gasteiger partial charge in [0.25, 0.3) is 0 Å². The van der Waals surface area contributed by atoms with Crippen LogP contribution in [0.25, 0.3) is 0 Å². The molecule has 0 bridgehead atoms. The number of hydrogen-bond donors (Lipinski definition) is 2. The van der Waals surface area contributed by atoms with E-state index in [2.05, 4.69) is 0 Å². The van der Waals surface area contributed by atoms with Gasteiger partial charge in [-0.3, -0.25) is 4.79 Å². The fraction of sp³-hybridized carbons (Fsp3) is 0.364. The third kappa shape index (κ3) is 2.68. The number of halogens is 1. The molecule has 0 aromatic heterocycles. The van der Waals surface area contributed by atoms with Crippen LogP contribution in [0.3, 0.4) is 0 Å². The van der Waals surface area contributed by atoms with Gasteiger partial charge < -0.3 is 10.2 Å². The SMILES string of the molecule is Cc1cc(F)c(CC(C)C(=O)O)cc1O. The molecule has 4 heteroatoms. The zero-order chi connectivity index (χ0) is 11.6. The van der Waals surface area contributed by atoms with Crippen molar-refractivity contribution in [1.82, 2.24) is 0 Å². The van der Waals surface area contributed by atoms with Crippen LogP contribution in [0.1, 0.15) is 18.1 Å². The van der Waals surface area contributed by atoms with Gasteiger partial charge in [0.2, 0.25) is 0 Å². The normalized spacial score (nSPS) is 12.5. The van der Waals surface area contributed by atoms with E-state index in [9.17, 15) is 14.3 Å². The van der Waals surface area contributed by atoms with Gasteiger partial charge in [0.15, 0.2) is 0 Å². The zero-order valence-electron chi connectivity index (χ0n) is 8.62. The van der Waals surface area contributed by atoms with Crippen LogP contribution in [0, 0.1) is 18.7 Å². The summed E-state index contributed by atoms with van der Waals surface area (Å²) in [4.78, 5) is 10.6. The maximum atomic E-state index is 13.4. The lowest BCUT2D eigenvalue weighted by Crippen LogP contribution is -2.13. The molecule has 0 amide bonds. The van der Waals surface area contributed by atoms with Crippen molar-refractivity contribution in [3.8, 4) is 5.75 Å². The average molecular weight is 212 g/mol. The Balaban J connectivity index is 2.95. The molecule has 0 aliphatic rings. The summed E-state index contributed by atoms with van der Waals surface area (Å²) in [5.74, 6) is -2.13. The summed E-state index contributed by atoms with van der Waals surface area (Å²) in [5.41, 5.74) is 0.673. The summed E-state index contributed by atoms with van der Waals surface area (Å²) < 4.78 is 13.4. The molecule has 0 saturated carbocycles. The van der Waals surface area contributed by atoms with Gasteiger partial charge in [-0.1, -0.05) is 6.92 Å². The molecule has 0 saturated heterocycles. The first kappa shape index (κ1) is 11.5. The van der Waals surface area contributed by atoms with Crippen LogP contribution in [0.4, 0.5) is 4.39 Å². The van der Waals surface area contributed by atoms with Gasteiger partial charge in [-0.05, 0) is 36.6 Å². The van der Waals surface area contributed by atoms with Crippen LogP contribution in [-0.4, -0.2) is 16.2 Å². The fourth-order valence-corrected chi connectivity index (χ4v) is 1.28. The summed E-state index contributed by atoms with van der Waals surface area (Å²) in [6.07, 6.45) is 0.0784. The van der Waals surface area contributed by atoms with Crippen molar-refractivity contribution in [2.24, 2.45) is 5.92 Å². The summed E-state index contributed by atoms with van der Waals surface area (Å²) in [5, 5.41) is 18.0. The third-order valence-electron chi connectivity index (χ3n) is 2.31. The Bertz CT molecular complexity index is 388. The van der Waals surface area contributed by atoms with Crippen molar-refractivity contribution in [1.29, 1.82) is 0 Å². The molecule has 0 aliphatic heterocycles. The van der Waals surface area contributed by atoms with E-state index in [0.29, 0.717) is 5.56 Å². The van der Waals surface area contributed by atoms with E-state index in [4.69, 9.17) is 5.11 Å². The molecule has 0 aliphatic carbocycles. The van der Waals surface area contributed by atoms with Crippen LogP contribution >= 0.6 is 0 Å². The zero-order valence-corrected chi connectivity index (χ0v) is 8.62. The smallest absolute Gasteiger partial charge is 0.306 e. The van der Waals surface area contributed by atoms with Gasteiger partial charge in [-0.2, -0.15) is 0 Å². The molecule has 0 fully saturated rings. The summed E-state index contributed by atoms with van der Waals surface area (Å²) in [6.45, 7) is 3.08. The highest BCUT2D eigenvalue weighted by Gasteiger charge is 2.15. The first-order valence-electron chi connectivity index (χ1n) is 4.62. The Labute approximate surface area is 87.2 Å². The molecule has 3 nitrogen and oxygen atoms in total. The highest BCUT2D eigenvalue weighted by molar-refractivity contribution is 5.70. The van der Waals surface area contributed by atoms with E-state index in [1.165, 1.54) is 19.1 Å². The number of phenolic OH excluding ortho intramolecular Hbond substituents is 1. The Morgan fingerprint density at radius 3 is 2.67 bits per heavy atom. The lowest BCUT2D eigenvalue weighted by Gasteiger charge is -2.09. The monoisotopic (exact) mass is 212 g/mol. The molecule has 82 valence electrons. The number of benzene rings is 1. The van der Waals surface area contributed by atoms with Crippen LogP contribution in [0.2, 0.25) is 0 Å². The van der Waals surface area contributed by atoms with E-state index in [-0.39, 0.29) is 17.7 Å². The van der Waals surface area contributed by atoms with Gasteiger partial charge in [-0.25, -0.2) is 4.39 Å². The minimum absolute atomic E-state index is 0.0102. The summed E-state index contributed by atoms with van der Waals surface area (Å²) >= 11 is 0. The van der Waals surface area contributed by atoms with Crippen molar-refractivity contribution in [3.63, 3.8) is 0 Å². The molecule has 15 heavy (non-hydrogen) atoms.